The van der Waals surface area contributed by atoms with Crippen molar-refractivity contribution in [1.82, 2.24) is 24.9 Å². The highest BCUT2D eigenvalue weighted by Crippen LogP contribution is 2.25. The van der Waals surface area contributed by atoms with Crippen molar-refractivity contribution in [1.29, 1.82) is 0 Å². The monoisotopic (exact) mass is 327 g/mol. The number of hydrogen-bond acceptors (Lipinski definition) is 4. The smallest absolute Gasteiger partial charge is 0.251 e. The Kier molecular flexibility index (Phi) is 4.97. The highest BCUT2D eigenvalue weighted by Gasteiger charge is 2.26. The third-order valence-electron chi connectivity index (χ3n) is 4.66. The highest BCUT2D eigenvalue weighted by molar-refractivity contribution is 5.94. The summed E-state index contributed by atoms with van der Waals surface area (Å²) in [6.45, 7) is 3.90. The molecule has 0 aliphatic carbocycles. The van der Waals surface area contributed by atoms with Gasteiger partial charge in [0.2, 0.25) is 0 Å². The fourth-order valence-electron chi connectivity index (χ4n) is 3.28. The molecule has 0 radical (unpaired) electrons. The van der Waals surface area contributed by atoms with Crippen molar-refractivity contribution in [3.63, 3.8) is 0 Å². The second-order valence-electron chi connectivity index (χ2n) is 6.46. The summed E-state index contributed by atoms with van der Waals surface area (Å²) in [6.07, 6.45) is 4.00. The van der Waals surface area contributed by atoms with Crippen molar-refractivity contribution in [3.05, 3.63) is 53.3 Å². The van der Waals surface area contributed by atoms with Crippen LogP contribution in [0.15, 0.2) is 36.7 Å². The summed E-state index contributed by atoms with van der Waals surface area (Å²) < 4.78 is 1.84. The lowest BCUT2D eigenvalue weighted by molar-refractivity contribution is 0.0901. The van der Waals surface area contributed by atoms with Gasteiger partial charge in [0, 0.05) is 63.6 Å². The van der Waals surface area contributed by atoms with Crippen LogP contribution in [0.3, 0.4) is 0 Å². The van der Waals surface area contributed by atoms with E-state index in [1.165, 1.54) is 11.1 Å². The summed E-state index contributed by atoms with van der Waals surface area (Å²) in [4.78, 5) is 16.7. The van der Waals surface area contributed by atoms with E-state index in [9.17, 15) is 4.79 Å². The van der Waals surface area contributed by atoms with E-state index in [1.807, 2.05) is 36.1 Å². The summed E-state index contributed by atoms with van der Waals surface area (Å²) in [5.74, 6) is -0.0393. The Morgan fingerprint density at radius 3 is 2.88 bits per heavy atom. The van der Waals surface area contributed by atoms with Crippen LogP contribution in [-0.4, -0.2) is 59.2 Å². The summed E-state index contributed by atoms with van der Waals surface area (Å²) in [6, 6.07) is 8.24. The Labute approximate surface area is 143 Å². The molecule has 1 aromatic heterocycles. The minimum atomic E-state index is -0.0393. The third kappa shape index (κ3) is 3.66. The number of carbonyl (C=O) groups is 1. The number of nitrogens with zero attached hydrogens (tertiary/aromatic N) is 4. The molecule has 1 aromatic carbocycles. The second-order valence-corrected chi connectivity index (χ2v) is 6.46. The number of aryl methyl sites for hydroxylation is 1. The fourth-order valence-corrected chi connectivity index (χ4v) is 3.28. The maximum atomic E-state index is 11.9. The molecule has 128 valence electrons. The van der Waals surface area contributed by atoms with Crippen LogP contribution in [0.1, 0.15) is 27.5 Å². The number of benzene rings is 1. The third-order valence-corrected chi connectivity index (χ3v) is 4.66. The van der Waals surface area contributed by atoms with E-state index >= 15 is 0 Å². The van der Waals surface area contributed by atoms with Gasteiger partial charge in [-0.3, -0.25) is 19.3 Å². The maximum absolute atomic E-state index is 11.9. The molecule has 1 amide bonds. The van der Waals surface area contributed by atoms with Crippen LogP contribution in [0.25, 0.3) is 0 Å². The molecule has 1 fully saturated rings. The molecule has 2 heterocycles. The van der Waals surface area contributed by atoms with Gasteiger partial charge in [-0.2, -0.15) is 5.10 Å². The molecule has 0 saturated carbocycles. The van der Waals surface area contributed by atoms with Gasteiger partial charge in [-0.15, -0.1) is 0 Å². The van der Waals surface area contributed by atoms with E-state index < -0.39 is 0 Å². The number of amides is 1. The van der Waals surface area contributed by atoms with E-state index in [2.05, 4.69) is 39.5 Å². The Bertz CT molecular complexity index is 711. The molecule has 1 saturated heterocycles. The first-order chi connectivity index (χ1) is 11.6. The molecule has 1 aliphatic rings. The zero-order chi connectivity index (χ0) is 17.1. The number of likely N-dealkylation sites (N-methyl/N-ethyl adjacent to an activating group) is 1. The van der Waals surface area contributed by atoms with Gasteiger partial charge in [0.1, 0.15) is 0 Å². The molecule has 2 aromatic rings. The molecule has 1 aliphatic heterocycles. The van der Waals surface area contributed by atoms with Crippen molar-refractivity contribution in [3.8, 4) is 0 Å². The highest BCUT2D eigenvalue weighted by atomic mass is 16.1. The van der Waals surface area contributed by atoms with Crippen LogP contribution in [0, 0.1) is 0 Å². The van der Waals surface area contributed by atoms with Gasteiger partial charge in [-0.25, -0.2) is 0 Å². The molecule has 24 heavy (non-hydrogen) atoms. The van der Waals surface area contributed by atoms with Gasteiger partial charge in [-0.1, -0.05) is 12.1 Å². The lowest BCUT2D eigenvalue weighted by Crippen LogP contribution is -2.46. The van der Waals surface area contributed by atoms with Gasteiger partial charge in [0.05, 0.1) is 6.20 Å². The fraction of sp³-hybridized carbons (Fsp3) is 0.444. The van der Waals surface area contributed by atoms with Gasteiger partial charge < -0.3 is 5.32 Å². The molecule has 6 heteroatoms. The van der Waals surface area contributed by atoms with Crippen LogP contribution in [0.2, 0.25) is 0 Å². The Morgan fingerprint density at radius 2 is 2.17 bits per heavy atom. The summed E-state index contributed by atoms with van der Waals surface area (Å²) in [5, 5.41) is 6.94. The minimum absolute atomic E-state index is 0.0393. The number of piperazine rings is 1. The molecule has 3 rings (SSSR count). The lowest BCUT2D eigenvalue weighted by atomic mass is 10.00. The van der Waals surface area contributed by atoms with Crippen LogP contribution >= 0.6 is 0 Å². The molecule has 0 bridgehead atoms. The molecule has 6 nitrogen and oxygen atoms in total. The summed E-state index contributed by atoms with van der Waals surface area (Å²) >= 11 is 0. The maximum Gasteiger partial charge on any atom is 0.251 e. The summed E-state index contributed by atoms with van der Waals surface area (Å²) in [7, 11) is 5.76. The quantitative estimate of drug-likeness (QED) is 0.919. The zero-order valence-corrected chi connectivity index (χ0v) is 14.6. The second kappa shape index (κ2) is 7.15. The number of rotatable bonds is 4. The Balaban J connectivity index is 1.75. The number of aromatic nitrogens is 2. The zero-order valence-electron chi connectivity index (χ0n) is 14.6. The first-order valence-corrected chi connectivity index (χ1v) is 8.29. The van der Waals surface area contributed by atoms with E-state index in [4.69, 9.17) is 0 Å². The van der Waals surface area contributed by atoms with Gasteiger partial charge in [0.25, 0.3) is 5.91 Å². The normalized spacial score (nSPS) is 19.4. The average molecular weight is 327 g/mol. The molecule has 1 N–H and O–H groups in total. The van der Waals surface area contributed by atoms with Crippen molar-refractivity contribution < 1.29 is 4.79 Å². The predicted octanol–water partition coefficient (Wildman–Crippen LogP) is 1.27. The largest absolute Gasteiger partial charge is 0.355 e. The van der Waals surface area contributed by atoms with Crippen molar-refractivity contribution in [2.24, 2.45) is 7.05 Å². The van der Waals surface area contributed by atoms with E-state index in [1.54, 1.807) is 7.05 Å². The molecule has 1 atom stereocenters. The standard InChI is InChI=1S/C18H25N5O/c1-19-18(24)16-6-4-5-15(9-16)17-13-23(8-7-21(17)2)12-14-10-20-22(3)11-14/h4-6,9-11,17H,7-8,12-13H2,1-3H3,(H,19,24). The van der Waals surface area contributed by atoms with Crippen molar-refractivity contribution in [2.75, 3.05) is 33.7 Å². The van der Waals surface area contributed by atoms with Crippen LogP contribution in [0.5, 0.6) is 0 Å². The van der Waals surface area contributed by atoms with Gasteiger partial charge in [-0.05, 0) is 24.7 Å². The SMILES string of the molecule is CNC(=O)c1cccc(C2CN(Cc3cnn(C)c3)CCN2C)c1. The lowest BCUT2D eigenvalue weighted by Gasteiger charge is -2.39. The predicted molar refractivity (Wildman–Crippen MR) is 93.7 cm³/mol. The van der Waals surface area contributed by atoms with Crippen molar-refractivity contribution in [2.45, 2.75) is 12.6 Å². The minimum Gasteiger partial charge on any atom is -0.355 e. The first kappa shape index (κ1) is 16.7. The first-order valence-electron chi connectivity index (χ1n) is 8.29. The van der Waals surface area contributed by atoms with E-state index in [-0.39, 0.29) is 5.91 Å². The summed E-state index contributed by atoms with van der Waals surface area (Å²) in [5.41, 5.74) is 3.14. The van der Waals surface area contributed by atoms with E-state index in [0.29, 0.717) is 11.6 Å². The average Bonchev–Trinajstić information content (AvgIpc) is 3.01. The molecular formula is C18H25N5O. The Hall–Kier alpha value is -2.18. The number of nitrogens with one attached hydrogen (secondary N) is 1. The molecule has 1 unspecified atom stereocenters. The molecule has 0 spiro atoms. The Morgan fingerprint density at radius 1 is 1.33 bits per heavy atom. The molecular weight excluding hydrogens is 302 g/mol. The van der Waals surface area contributed by atoms with Crippen LogP contribution in [-0.2, 0) is 13.6 Å². The van der Waals surface area contributed by atoms with E-state index in [0.717, 1.165) is 26.2 Å². The van der Waals surface area contributed by atoms with Crippen LogP contribution in [0.4, 0.5) is 0 Å². The van der Waals surface area contributed by atoms with Gasteiger partial charge >= 0.3 is 0 Å². The van der Waals surface area contributed by atoms with Crippen LogP contribution < -0.4 is 5.32 Å². The van der Waals surface area contributed by atoms with Crippen molar-refractivity contribution >= 4 is 5.91 Å². The van der Waals surface area contributed by atoms with Gasteiger partial charge in [0.15, 0.2) is 0 Å². The number of carbonyl (C=O) groups excluding carboxylic acids is 1. The number of hydrogen-bond donors (Lipinski definition) is 1. The topological polar surface area (TPSA) is 53.4 Å².